The van der Waals surface area contributed by atoms with Crippen LogP contribution in [0.5, 0.6) is 0 Å². The van der Waals surface area contributed by atoms with Gasteiger partial charge in [0, 0.05) is 18.4 Å². The number of aromatic nitrogens is 1. The van der Waals surface area contributed by atoms with Gasteiger partial charge in [-0.2, -0.15) is 0 Å². The molecule has 0 spiro atoms. The molecule has 1 aromatic carbocycles. The van der Waals surface area contributed by atoms with Gasteiger partial charge in [0.05, 0.1) is 0 Å². The van der Waals surface area contributed by atoms with Gasteiger partial charge in [-0.15, -0.1) is 0 Å². The van der Waals surface area contributed by atoms with Crippen LogP contribution in [0, 0.1) is 11.7 Å². The minimum Gasteiger partial charge on any atom is -0.309 e. The summed E-state index contributed by atoms with van der Waals surface area (Å²) in [5.74, 6) is 0.535. The molecule has 1 heterocycles. The van der Waals surface area contributed by atoms with Gasteiger partial charge < -0.3 is 5.32 Å². The van der Waals surface area contributed by atoms with E-state index in [2.05, 4.69) is 16.4 Å². The Morgan fingerprint density at radius 1 is 1.20 bits per heavy atom. The lowest BCUT2D eigenvalue weighted by molar-refractivity contribution is 0.483. The van der Waals surface area contributed by atoms with Crippen molar-refractivity contribution in [1.29, 1.82) is 0 Å². The predicted molar refractivity (Wildman–Crippen MR) is 77.8 cm³/mol. The van der Waals surface area contributed by atoms with Gasteiger partial charge in [0.15, 0.2) is 0 Å². The summed E-state index contributed by atoms with van der Waals surface area (Å²) >= 11 is 0. The molecule has 2 aromatic rings. The van der Waals surface area contributed by atoms with Crippen LogP contribution < -0.4 is 5.32 Å². The fraction of sp³-hybridized carbons (Fsp3) is 0.353. The lowest BCUT2D eigenvalue weighted by atomic mass is 10.0. The molecular weight excluding hydrogens is 251 g/mol. The van der Waals surface area contributed by atoms with Crippen LogP contribution >= 0.6 is 0 Å². The Labute approximate surface area is 119 Å². The summed E-state index contributed by atoms with van der Waals surface area (Å²) in [5.41, 5.74) is 2.44. The van der Waals surface area contributed by atoms with Crippen LogP contribution in [0.25, 0.3) is 0 Å². The SMILES string of the molecule is Fc1ccc(C(NCCc2cccnc2)C2CC2)cc1. The standard InChI is InChI=1S/C17H19FN2/c18-16-7-5-15(6-8-16)17(14-3-4-14)20-11-9-13-2-1-10-19-12-13/h1-2,5-8,10,12,14,17,20H,3-4,9,11H2. The highest BCUT2D eigenvalue weighted by Crippen LogP contribution is 2.40. The average Bonchev–Trinajstić information content (AvgIpc) is 3.31. The van der Waals surface area contributed by atoms with Gasteiger partial charge in [0.1, 0.15) is 5.82 Å². The molecule has 1 aromatic heterocycles. The molecule has 3 rings (SSSR count). The number of nitrogens with zero attached hydrogens (tertiary/aromatic N) is 1. The molecule has 0 aliphatic heterocycles. The zero-order chi connectivity index (χ0) is 13.8. The van der Waals surface area contributed by atoms with Gasteiger partial charge in [-0.05, 0) is 61.1 Å². The van der Waals surface area contributed by atoms with Crippen molar-refractivity contribution >= 4 is 0 Å². The van der Waals surface area contributed by atoms with E-state index in [1.807, 2.05) is 24.4 Å². The Kier molecular flexibility index (Phi) is 4.07. The van der Waals surface area contributed by atoms with Crippen LogP contribution in [0.1, 0.15) is 30.0 Å². The Bertz CT molecular complexity index is 535. The fourth-order valence-corrected chi connectivity index (χ4v) is 2.57. The molecule has 0 amide bonds. The molecule has 0 radical (unpaired) electrons. The second-order valence-corrected chi connectivity index (χ2v) is 5.43. The van der Waals surface area contributed by atoms with E-state index >= 15 is 0 Å². The average molecular weight is 270 g/mol. The number of pyridine rings is 1. The molecule has 1 aliphatic rings. The van der Waals surface area contributed by atoms with Crippen molar-refractivity contribution in [3.05, 3.63) is 65.7 Å². The molecule has 1 N–H and O–H groups in total. The van der Waals surface area contributed by atoms with Crippen LogP contribution in [0.3, 0.4) is 0 Å². The molecule has 104 valence electrons. The topological polar surface area (TPSA) is 24.9 Å². The van der Waals surface area contributed by atoms with E-state index in [9.17, 15) is 4.39 Å². The molecule has 1 aliphatic carbocycles. The van der Waals surface area contributed by atoms with Crippen molar-refractivity contribution in [2.45, 2.75) is 25.3 Å². The Morgan fingerprint density at radius 2 is 2.00 bits per heavy atom. The Morgan fingerprint density at radius 3 is 2.65 bits per heavy atom. The second-order valence-electron chi connectivity index (χ2n) is 5.43. The van der Waals surface area contributed by atoms with Crippen molar-refractivity contribution in [1.82, 2.24) is 10.3 Å². The zero-order valence-electron chi connectivity index (χ0n) is 11.4. The maximum Gasteiger partial charge on any atom is 0.123 e. The third kappa shape index (κ3) is 3.42. The van der Waals surface area contributed by atoms with Crippen molar-refractivity contribution in [3.8, 4) is 0 Å². The van der Waals surface area contributed by atoms with E-state index in [0.717, 1.165) is 13.0 Å². The van der Waals surface area contributed by atoms with E-state index < -0.39 is 0 Å². The summed E-state index contributed by atoms with van der Waals surface area (Å²) in [7, 11) is 0. The molecule has 1 unspecified atom stereocenters. The highest BCUT2D eigenvalue weighted by molar-refractivity contribution is 5.22. The van der Waals surface area contributed by atoms with E-state index in [1.54, 1.807) is 18.3 Å². The molecule has 1 fully saturated rings. The maximum absolute atomic E-state index is 13.0. The van der Waals surface area contributed by atoms with Crippen molar-refractivity contribution < 1.29 is 4.39 Å². The highest BCUT2D eigenvalue weighted by atomic mass is 19.1. The van der Waals surface area contributed by atoms with E-state index in [1.165, 1.54) is 24.0 Å². The zero-order valence-corrected chi connectivity index (χ0v) is 11.4. The van der Waals surface area contributed by atoms with Gasteiger partial charge >= 0.3 is 0 Å². The third-order valence-electron chi connectivity index (χ3n) is 3.82. The molecule has 0 saturated heterocycles. The lowest BCUT2D eigenvalue weighted by Crippen LogP contribution is -2.25. The predicted octanol–water partition coefficient (Wildman–Crippen LogP) is 3.50. The van der Waals surface area contributed by atoms with Gasteiger partial charge in [-0.1, -0.05) is 18.2 Å². The Balaban J connectivity index is 1.59. The monoisotopic (exact) mass is 270 g/mol. The van der Waals surface area contributed by atoms with Gasteiger partial charge in [-0.25, -0.2) is 4.39 Å². The van der Waals surface area contributed by atoms with Crippen molar-refractivity contribution in [2.24, 2.45) is 5.92 Å². The normalized spacial score (nSPS) is 16.1. The molecule has 1 saturated carbocycles. The number of halogens is 1. The molecule has 1 atom stereocenters. The quantitative estimate of drug-likeness (QED) is 0.869. The number of hydrogen-bond donors (Lipinski definition) is 1. The minimum atomic E-state index is -0.168. The summed E-state index contributed by atoms with van der Waals surface area (Å²) in [6.45, 7) is 0.921. The number of rotatable bonds is 6. The molecule has 2 nitrogen and oxygen atoms in total. The largest absolute Gasteiger partial charge is 0.309 e. The first kappa shape index (κ1) is 13.3. The van der Waals surface area contributed by atoms with Crippen LogP contribution in [-0.4, -0.2) is 11.5 Å². The van der Waals surface area contributed by atoms with Crippen molar-refractivity contribution in [2.75, 3.05) is 6.54 Å². The fourth-order valence-electron chi connectivity index (χ4n) is 2.57. The van der Waals surface area contributed by atoms with E-state index in [-0.39, 0.29) is 5.82 Å². The van der Waals surface area contributed by atoms with Crippen molar-refractivity contribution in [3.63, 3.8) is 0 Å². The lowest BCUT2D eigenvalue weighted by Gasteiger charge is -2.19. The minimum absolute atomic E-state index is 0.168. The molecule has 0 bridgehead atoms. The number of benzene rings is 1. The molecular formula is C17H19FN2. The molecule has 3 heteroatoms. The maximum atomic E-state index is 13.0. The van der Waals surface area contributed by atoms with Gasteiger partial charge in [0.25, 0.3) is 0 Å². The first-order valence-electron chi connectivity index (χ1n) is 7.21. The molecule has 20 heavy (non-hydrogen) atoms. The van der Waals surface area contributed by atoms with E-state index in [0.29, 0.717) is 12.0 Å². The van der Waals surface area contributed by atoms with Crippen LogP contribution in [0.4, 0.5) is 4.39 Å². The number of nitrogens with one attached hydrogen (secondary N) is 1. The van der Waals surface area contributed by atoms with Gasteiger partial charge in [-0.3, -0.25) is 4.98 Å². The first-order valence-corrected chi connectivity index (χ1v) is 7.21. The third-order valence-corrected chi connectivity index (χ3v) is 3.82. The van der Waals surface area contributed by atoms with Crippen LogP contribution in [-0.2, 0) is 6.42 Å². The summed E-state index contributed by atoms with van der Waals surface area (Å²) in [6, 6.07) is 11.3. The van der Waals surface area contributed by atoms with Crippen LogP contribution in [0.15, 0.2) is 48.8 Å². The highest BCUT2D eigenvalue weighted by Gasteiger charge is 2.31. The van der Waals surface area contributed by atoms with Crippen LogP contribution in [0.2, 0.25) is 0 Å². The number of hydrogen-bond acceptors (Lipinski definition) is 2. The second kappa shape index (κ2) is 6.14. The van der Waals surface area contributed by atoms with Gasteiger partial charge in [0.2, 0.25) is 0 Å². The summed E-state index contributed by atoms with van der Waals surface area (Å²) in [5, 5.41) is 3.62. The first-order chi connectivity index (χ1) is 9.83. The Hall–Kier alpha value is -1.74. The smallest absolute Gasteiger partial charge is 0.123 e. The summed E-state index contributed by atoms with van der Waals surface area (Å²) in [6.07, 6.45) is 7.20. The summed E-state index contributed by atoms with van der Waals surface area (Å²) < 4.78 is 13.0. The van der Waals surface area contributed by atoms with E-state index in [4.69, 9.17) is 0 Å². The summed E-state index contributed by atoms with van der Waals surface area (Å²) in [4.78, 5) is 4.13.